The molecule has 1 aromatic heterocycles. The molecule has 1 heterocycles. The third-order valence-electron chi connectivity index (χ3n) is 4.00. The number of aryl methyl sites for hydroxylation is 2. The van der Waals surface area contributed by atoms with Crippen LogP contribution in [0.4, 0.5) is 0 Å². The molecule has 0 aliphatic carbocycles. The number of thioether (sulfide) groups is 1. The molecule has 0 radical (unpaired) electrons. The molecule has 0 aliphatic heterocycles. The van der Waals surface area contributed by atoms with Crippen molar-refractivity contribution in [3.63, 3.8) is 0 Å². The molecule has 1 aromatic carbocycles. The molecule has 2 aromatic rings. The second kappa shape index (κ2) is 8.08. The van der Waals surface area contributed by atoms with E-state index < -0.39 is 0 Å². The molecule has 0 amide bonds. The number of hydrogen-bond donors (Lipinski definition) is 0. The summed E-state index contributed by atoms with van der Waals surface area (Å²) >= 11 is 5.25. The second-order valence-corrected chi connectivity index (χ2v) is 7.03. The number of benzene rings is 1. The van der Waals surface area contributed by atoms with Crippen molar-refractivity contribution in [1.29, 1.82) is 0 Å². The molecule has 24 heavy (non-hydrogen) atoms. The van der Waals surface area contributed by atoms with Crippen LogP contribution >= 0.6 is 27.7 Å². The fourth-order valence-electron chi connectivity index (χ4n) is 2.75. The summed E-state index contributed by atoms with van der Waals surface area (Å²) in [7, 11) is 1.68. The Bertz CT molecular complexity index is 793. The Morgan fingerprint density at radius 2 is 2.12 bits per heavy atom. The maximum atomic E-state index is 5.41. The van der Waals surface area contributed by atoms with E-state index in [2.05, 4.69) is 54.8 Å². The van der Waals surface area contributed by atoms with Crippen LogP contribution in [-0.4, -0.2) is 23.1 Å². The minimum absolute atomic E-state index is 0.833. The standard InChI is InChI=1S/C19H23BrN2OS/c1-7-14(11-24-6)22-19(13(4)17(8-2)21-22)15-10-16(20)18(23-5)9-12(15)3/h7,9-11H,1,8H2,2-6H3/b14-11+. The van der Waals surface area contributed by atoms with Crippen molar-refractivity contribution >= 4 is 33.4 Å². The first-order chi connectivity index (χ1) is 11.5. The van der Waals surface area contributed by atoms with E-state index in [0.29, 0.717) is 0 Å². The lowest BCUT2D eigenvalue weighted by Crippen LogP contribution is -2.01. The predicted molar refractivity (Wildman–Crippen MR) is 109 cm³/mol. The first kappa shape index (κ1) is 18.9. The SMILES string of the molecule is C=C/C(=C\SC)n1nc(CC)c(C)c1-c1cc(Br)c(OC)cc1C. The molecule has 0 unspecified atom stereocenters. The molecule has 2 rings (SSSR count). The summed E-state index contributed by atoms with van der Waals surface area (Å²) in [5.74, 6) is 0.833. The lowest BCUT2D eigenvalue weighted by atomic mass is 10.0. The van der Waals surface area contributed by atoms with Gasteiger partial charge < -0.3 is 4.74 Å². The van der Waals surface area contributed by atoms with E-state index in [1.165, 1.54) is 5.56 Å². The molecule has 0 aliphatic rings. The molecule has 0 atom stereocenters. The van der Waals surface area contributed by atoms with Crippen molar-refractivity contribution in [2.24, 2.45) is 0 Å². The molecule has 3 nitrogen and oxygen atoms in total. The highest BCUT2D eigenvalue weighted by molar-refractivity contribution is 9.10. The summed E-state index contributed by atoms with van der Waals surface area (Å²) in [6.07, 6.45) is 4.78. The maximum absolute atomic E-state index is 5.41. The van der Waals surface area contributed by atoms with Crippen LogP contribution in [0.1, 0.15) is 23.7 Å². The molecule has 5 heteroatoms. The van der Waals surface area contributed by atoms with E-state index in [9.17, 15) is 0 Å². The van der Waals surface area contributed by atoms with Gasteiger partial charge in [-0.05, 0) is 77.2 Å². The van der Waals surface area contributed by atoms with Crippen molar-refractivity contribution in [2.45, 2.75) is 27.2 Å². The van der Waals surface area contributed by atoms with Gasteiger partial charge in [0.1, 0.15) is 5.75 Å². The molecule has 0 spiro atoms. The Morgan fingerprint density at radius 3 is 2.67 bits per heavy atom. The van der Waals surface area contributed by atoms with Gasteiger partial charge in [0, 0.05) is 5.56 Å². The number of aromatic nitrogens is 2. The van der Waals surface area contributed by atoms with Gasteiger partial charge in [0.05, 0.1) is 28.7 Å². The van der Waals surface area contributed by atoms with Crippen LogP contribution in [-0.2, 0) is 6.42 Å². The van der Waals surface area contributed by atoms with E-state index >= 15 is 0 Å². The zero-order chi connectivity index (χ0) is 17.9. The van der Waals surface area contributed by atoms with Gasteiger partial charge in [-0.2, -0.15) is 5.10 Å². The van der Waals surface area contributed by atoms with Gasteiger partial charge in [-0.15, -0.1) is 11.8 Å². The second-order valence-electron chi connectivity index (χ2n) is 5.47. The van der Waals surface area contributed by atoms with Crippen LogP contribution in [0.5, 0.6) is 5.75 Å². The lowest BCUT2D eigenvalue weighted by Gasteiger charge is -2.14. The van der Waals surface area contributed by atoms with Crippen LogP contribution in [0, 0.1) is 13.8 Å². The number of halogens is 1. The Hall–Kier alpha value is -1.46. The first-order valence-corrected chi connectivity index (χ1v) is 9.85. The zero-order valence-electron chi connectivity index (χ0n) is 14.8. The molecular weight excluding hydrogens is 384 g/mol. The maximum Gasteiger partial charge on any atom is 0.133 e. The first-order valence-electron chi connectivity index (χ1n) is 7.77. The fraction of sp³-hybridized carbons (Fsp3) is 0.316. The van der Waals surface area contributed by atoms with Crippen molar-refractivity contribution in [2.75, 3.05) is 13.4 Å². The average Bonchev–Trinajstić information content (AvgIpc) is 2.90. The van der Waals surface area contributed by atoms with Gasteiger partial charge in [0.2, 0.25) is 0 Å². The summed E-state index contributed by atoms with van der Waals surface area (Å²) in [6.45, 7) is 10.3. The average molecular weight is 407 g/mol. The highest BCUT2D eigenvalue weighted by Crippen LogP contribution is 2.37. The molecule has 0 saturated carbocycles. The third kappa shape index (κ3) is 3.47. The number of rotatable bonds is 6. The molecule has 0 saturated heterocycles. The smallest absolute Gasteiger partial charge is 0.133 e. The fourth-order valence-corrected chi connectivity index (χ4v) is 3.69. The van der Waals surface area contributed by atoms with Crippen LogP contribution < -0.4 is 4.74 Å². The van der Waals surface area contributed by atoms with Crippen LogP contribution in [0.15, 0.2) is 34.7 Å². The van der Waals surface area contributed by atoms with Crippen molar-refractivity contribution in [3.05, 3.63) is 51.5 Å². The highest BCUT2D eigenvalue weighted by Gasteiger charge is 2.19. The van der Waals surface area contributed by atoms with E-state index in [4.69, 9.17) is 9.84 Å². The normalized spacial score (nSPS) is 11.7. The van der Waals surface area contributed by atoms with E-state index in [0.717, 1.165) is 44.9 Å². The van der Waals surface area contributed by atoms with Gasteiger partial charge in [-0.1, -0.05) is 13.5 Å². The number of hydrogen-bond acceptors (Lipinski definition) is 3. The summed E-state index contributed by atoms with van der Waals surface area (Å²) < 4.78 is 8.34. The number of ether oxygens (including phenoxy) is 1. The quantitative estimate of drug-likeness (QED) is 0.563. The van der Waals surface area contributed by atoms with E-state index in [1.54, 1.807) is 18.9 Å². The van der Waals surface area contributed by atoms with Crippen LogP contribution in [0.3, 0.4) is 0 Å². The number of allylic oxidation sites excluding steroid dienone is 2. The van der Waals surface area contributed by atoms with Crippen molar-refractivity contribution in [3.8, 4) is 17.0 Å². The highest BCUT2D eigenvalue weighted by atomic mass is 79.9. The van der Waals surface area contributed by atoms with Crippen LogP contribution in [0.25, 0.3) is 17.0 Å². The Labute approximate surface area is 156 Å². The van der Waals surface area contributed by atoms with Crippen molar-refractivity contribution < 1.29 is 4.74 Å². The molecule has 0 fully saturated rings. The monoisotopic (exact) mass is 406 g/mol. The Kier molecular flexibility index (Phi) is 6.35. The Morgan fingerprint density at radius 1 is 1.42 bits per heavy atom. The third-order valence-corrected chi connectivity index (χ3v) is 5.10. The van der Waals surface area contributed by atoms with Gasteiger partial charge in [0.15, 0.2) is 0 Å². The lowest BCUT2D eigenvalue weighted by molar-refractivity contribution is 0.412. The topological polar surface area (TPSA) is 27.1 Å². The van der Waals surface area contributed by atoms with E-state index in [1.807, 2.05) is 23.1 Å². The summed E-state index contributed by atoms with van der Waals surface area (Å²) in [4.78, 5) is 0. The summed E-state index contributed by atoms with van der Waals surface area (Å²) in [5, 5.41) is 6.89. The molecule has 0 bridgehead atoms. The minimum atomic E-state index is 0.833. The Balaban J connectivity index is 2.79. The van der Waals surface area contributed by atoms with E-state index in [-0.39, 0.29) is 0 Å². The van der Waals surface area contributed by atoms with Gasteiger partial charge in [-0.3, -0.25) is 0 Å². The predicted octanol–water partition coefficient (Wildman–Crippen LogP) is 5.85. The summed E-state index contributed by atoms with van der Waals surface area (Å²) in [5.41, 5.74) is 6.67. The van der Waals surface area contributed by atoms with Gasteiger partial charge in [0.25, 0.3) is 0 Å². The summed E-state index contributed by atoms with van der Waals surface area (Å²) in [6, 6.07) is 4.15. The minimum Gasteiger partial charge on any atom is -0.496 e. The van der Waals surface area contributed by atoms with Crippen molar-refractivity contribution in [1.82, 2.24) is 9.78 Å². The van der Waals surface area contributed by atoms with Crippen LogP contribution in [0.2, 0.25) is 0 Å². The number of nitrogens with zero attached hydrogens (tertiary/aromatic N) is 2. The van der Waals surface area contributed by atoms with Gasteiger partial charge >= 0.3 is 0 Å². The largest absolute Gasteiger partial charge is 0.496 e. The van der Waals surface area contributed by atoms with Gasteiger partial charge in [-0.25, -0.2) is 4.68 Å². The molecular formula is C19H23BrN2OS. The number of methoxy groups -OCH3 is 1. The molecule has 0 N–H and O–H groups in total. The zero-order valence-corrected chi connectivity index (χ0v) is 17.2. The molecule has 128 valence electrons.